The molecular formula is C17H28N2O. The second kappa shape index (κ2) is 7.09. The molecule has 0 atom stereocenters. The van der Waals surface area contributed by atoms with Crippen molar-refractivity contribution in [2.45, 2.75) is 39.7 Å². The molecular weight excluding hydrogens is 248 g/mol. The van der Waals surface area contributed by atoms with Crippen LogP contribution in [0.4, 0.5) is 0 Å². The molecule has 1 aliphatic heterocycles. The van der Waals surface area contributed by atoms with E-state index in [4.69, 9.17) is 10.5 Å². The summed E-state index contributed by atoms with van der Waals surface area (Å²) in [6.07, 6.45) is 3.70. The zero-order chi connectivity index (χ0) is 14.4. The van der Waals surface area contributed by atoms with Gasteiger partial charge in [-0.2, -0.15) is 0 Å². The van der Waals surface area contributed by atoms with E-state index < -0.39 is 0 Å². The first-order valence-corrected chi connectivity index (χ1v) is 7.74. The van der Waals surface area contributed by atoms with Crippen LogP contribution < -0.4 is 10.5 Å². The number of hydrogen-bond acceptors (Lipinski definition) is 3. The second-order valence-corrected chi connectivity index (χ2v) is 6.52. The predicted molar refractivity (Wildman–Crippen MR) is 83.9 cm³/mol. The van der Waals surface area contributed by atoms with Crippen molar-refractivity contribution in [1.82, 2.24) is 4.90 Å². The molecule has 3 nitrogen and oxygen atoms in total. The van der Waals surface area contributed by atoms with Crippen molar-refractivity contribution in [1.29, 1.82) is 0 Å². The fraction of sp³-hybridized carbons (Fsp3) is 0.647. The number of rotatable bonds is 6. The maximum atomic E-state index is 5.85. The molecule has 1 aromatic carbocycles. The maximum absolute atomic E-state index is 5.85. The number of nitrogens with zero attached hydrogens (tertiary/aromatic N) is 1. The molecule has 20 heavy (non-hydrogen) atoms. The van der Waals surface area contributed by atoms with Crippen molar-refractivity contribution < 1.29 is 4.74 Å². The van der Waals surface area contributed by atoms with Crippen LogP contribution in [0.2, 0.25) is 0 Å². The summed E-state index contributed by atoms with van der Waals surface area (Å²) in [5.41, 5.74) is 7.33. The Morgan fingerprint density at radius 1 is 1.20 bits per heavy atom. The van der Waals surface area contributed by atoms with E-state index in [1.807, 2.05) is 24.3 Å². The van der Waals surface area contributed by atoms with E-state index in [1.165, 1.54) is 25.9 Å². The number of hydrogen-bond donors (Lipinski definition) is 1. The SMILES string of the molecule is CC1(C)CCN(CCCOc2ccccc2CN)CC1. The van der Waals surface area contributed by atoms with Gasteiger partial charge in [0.2, 0.25) is 0 Å². The van der Waals surface area contributed by atoms with Gasteiger partial charge >= 0.3 is 0 Å². The Morgan fingerprint density at radius 2 is 1.90 bits per heavy atom. The van der Waals surface area contributed by atoms with Gasteiger partial charge in [-0.3, -0.25) is 0 Å². The van der Waals surface area contributed by atoms with Crippen LogP contribution in [0.5, 0.6) is 5.75 Å². The fourth-order valence-electron chi connectivity index (χ4n) is 2.67. The molecule has 0 unspecified atom stereocenters. The smallest absolute Gasteiger partial charge is 0.123 e. The van der Waals surface area contributed by atoms with Gasteiger partial charge in [0, 0.05) is 18.7 Å². The molecule has 0 radical (unpaired) electrons. The summed E-state index contributed by atoms with van der Waals surface area (Å²) < 4.78 is 5.85. The van der Waals surface area contributed by atoms with Gasteiger partial charge in [-0.05, 0) is 43.8 Å². The highest BCUT2D eigenvalue weighted by atomic mass is 16.5. The minimum atomic E-state index is 0.535. The molecule has 1 heterocycles. The molecule has 112 valence electrons. The summed E-state index contributed by atoms with van der Waals surface area (Å²) in [5, 5.41) is 0. The van der Waals surface area contributed by atoms with Crippen molar-refractivity contribution in [3.8, 4) is 5.75 Å². The van der Waals surface area contributed by atoms with E-state index in [0.29, 0.717) is 12.0 Å². The first kappa shape index (κ1) is 15.3. The van der Waals surface area contributed by atoms with Crippen LogP contribution in [0.1, 0.15) is 38.7 Å². The molecule has 1 saturated heterocycles. The lowest BCUT2D eigenvalue weighted by molar-refractivity contribution is 0.126. The Kier molecular flexibility index (Phi) is 5.44. The van der Waals surface area contributed by atoms with E-state index in [2.05, 4.69) is 18.7 Å². The molecule has 0 aromatic heterocycles. The van der Waals surface area contributed by atoms with Gasteiger partial charge in [0.05, 0.1) is 6.61 Å². The zero-order valence-electron chi connectivity index (χ0n) is 12.9. The fourth-order valence-corrected chi connectivity index (χ4v) is 2.67. The Bertz CT molecular complexity index is 407. The van der Waals surface area contributed by atoms with Crippen LogP contribution in [0.25, 0.3) is 0 Å². The predicted octanol–water partition coefficient (Wildman–Crippen LogP) is 3.04. The highest BCUT2D eigenvalue weighted by molar-refractivity contribution is 5.32. The summed E-state index contributed by atoms with van der Waals surface area (Å²) in [6.45, 7) is 9.66. The average molecular weight is 276 g/mol. The molecule has 3 heteroatoms. The zero-order valence-corrected chi connectivity index (χ0v) is 12.9. The van der Waals surface area contributed by atoms with Crippen LogP contribution in [-0.4, -0.2) is 31.1 Å². The van der Waals surface area contributed by atoms with Gasteiger partial charge in [0.1, 0.15) is 5.75 Å². The van der Waals surface area contributed by atoms with Gasteiger partial charge in [0.15, 0.2) is 0 Å². The number of nitrogens with two attached hydrogens (primary N) is 1. The number of piperidine rings is 1. The number of ether oxygens (including phenoxy) is 1. The number of para-hydroxylation sites is 1. The Hall–Kier alpha value is -1.06. The number of benzene rings is 1. The van der Waals surface area contributed by atoms with Gasteiger partial charge in [-0.1, -0.05) is 32.0 Å². The van der Waals surface area contributed by atoms with Crippen molar-refractivity contribution in [3.05, 3.63) is 29.8 Å². The lowest BCUT2D eigenvalue weighted by Gasteiger charge is -2.36. The van der Waals surface area contributed by atoms with Crippen molar-refractivity contribution >= 4 is 0 Å². The lowest BCUT2D eigenvalue weighted by Crippen LogP contribution is -2.38. The molecule has 0 saturated carbocycles. The van der Waals surface area contributed by atoms with Crippen molar-refractivity contribution in [2.75, 3.05) is 26.2 Å². The van der Waals surface area contributed by atoms with Crippen molar-refractivity contribution in [2.24, 2.45) is 11.1 Å². The largest absolute Gasteiger partial charge is 0.493 e. The minimum absolute atomic E-state index is 0.535. The van der Waals surface area contributed by atoms with Crippen LogP contribution >= 0.6 is 0 Å². The first-order valence-electron chi connectivity index (χ1n) is 7.74. The highest BCUT2D eigenvalue weighted by Gasteiger charge is 2.24. The normalized spacial score (nSPS) is 18.9. The quantitative estimate of drug-likeness (QED) is 0.812. The second-order valence-electron chi connectivity index (χ2n) is 6.52. The summed E-state index contributed by atoms with van der Waals surface area (Å²) in [7, 11) is 0. The summed E-state index contributed by atoms with van der Waals surface area (Å²) >= 11 is 0. The van der Waals surface area contributed by atoms with Crippen molar-refractivity contribution in [3.63, 3.8) is 0 Å². The molecule has 0 amide bonds. The third-order valence-corrected chi connectivity index (χ3v) is 4.28. The lowest BCUT2D eigenvalue weighted by atomic mass is 9.83. The Morgan fingerprint density at radius 3 is 2.60 bits per heavy atom. The Labute approximate surface area is 123 Å². The summed E-state index contributed by atoms with van der Waals surface area (Å²) in [4.78, 5) is 2.56. The van der Waals surface area contributed by atoms with E-state index >= 15 is 0 Å². The monoisotopic (exact) mass is 276 g/mol. The third kappa shape index (κ3) is 4.50. The highest BCUT2D eigenvalue weighted by Crippen LogP contribution is 2.29. The maximum Gasteiger partial charge on any atom is 0.123 e. The standard InChI is InChI=1S/C17H28N2O/c1-17(2)8-11-19(12-9-17)10-5-13-20-16-7-4-3-6-15(16)14-18/h3-4,6-7H,5,8-14,18H2,1-2H3. The first-order chi connectivity index (χ1) is 9.61. The van der Waals surface area contributed by atoms with Crippen LogP contribution in [0.15, 0.2) is 24.3 Å². The van der Waals surface area contributed by atoms with E-state index in [9.17, 15) is 0 Å². The molecule has 1 aromatic rings. The summed E-state index contributed by atoms with van der Waals surface area (Å²) in [5.74, 6) is 0.940. The average Bonchev–Trinajstić information content (AvgIpc) is 2.45. The van der Waals surface area contributed by atoms with E-state index in [-0.39, 0.29) is 0 Å². The van der Waals surface area contributed by atoms with Crippen LogP contribution in [0, 0.1) is 5.41 Å². The summed E-state index contributed by atoms with van der Waals surface area (Å²) in [6, 6.07) is 8.04. The molecule has 1 fully saturated rings. The molecule has 0 spiro atoms. The molecule has 2 rings (SSSR count). The van der Waals surface area contributed by atoms with Crippen LogP contribution in [0.3, 0.4) is 0 Å². The van der Waals surface area contributed by atoms with Gasteiger partial charge in [-0.25, -0.2) is 0 Å². The number of likely N-dealkylation sites (tertiary alicyclic amines) is 1. The van der Waals surface area contributed by atoms with E-state index in [0.717, 1.165) is 30.9 Å². The molecule has 2 N–H and O–H groups in total. The minimum Gasteiger partial charge on any atom is -0.493 e. The van der Waals surface area contributed by atoms with Gasteiger partial charge < -0.3 is 15.4 Å². The van der Waals surface area contributed by atoms with Gasteiger partial charge in [-0.15, -0.1) is 0 Å². The third-order valence-electron chi connectivity index (χ3n) is 4.28. The molecule has 0 aliphatic carbocycles. The topological polar surface area (TPSA) is 38.5 Å². The molecule has 0 bridgehead atoms. The molecule has 1 aliphatic rings. The Balaban J connectivity index is 1.67. The van der Waals surface area contributed by atoms with E-state index in [1.54, 1.807) is 0 Å². The van der Waals surface area contributed by atoms with Crippen LogP contribution in [-0.2, 0) is 6.54 Å². The van der Waals surface area contributed by atoms with Gasteiger partial charge in [0.25, 0.3) is 0 Å².